The molecule has 0 atom stereocenters. The lowest BCUT2D eigenvalue weighted by molar-refractivity contribution is -0.119. The first-order valence-electron chi connectivity index (χ1n) is 13.1. The molecule has 202 valence electrons. The number of methoxy groups -OCH3 is 2. The number of ether oxygens (including phenoxy) is 2. The molecule has 3 rings (SSSR count). The molecule has 1 aliphatic carbocycles. The highest BCUT2D eigenvalue weighted by atomic mass is 32.2. The lowest BCUT2D eigenvalue weighted by atomic mass is 10.00. The van der Waals surface area contributed by atoms with Crippen molar-refractivity contribution in [2.75, 3.05) is 25.1 Å². The Morgan fingerprint density at radius 2 is 1.41 bits per heavy atom. The fourth-order valence-corrected chi connectivity index (χ4v) is 5.88. The van der Waals surface area contributed by atoms with Gasteiger partial charge in [-0.05, 0) is 62.1 Å². The fourth-order valence-electron chi connectivity index (χ4n) is 4.45. The monoisotopic (exact) mass is 529 g/mol. The quantitative estimate of drug-likeness (QED) is 0.444. The molecule has 1 fully saturated rings. The van der Waals surface area contributed by atoms with Crippen LogP contribution in [0.2, 0.25) is 0 Å². The van der Waals surface area contributed by atoms with Crippen molar-refractivity contribution in [1.82, 2.24) is 5.43 Å². The second kappa shape index (κ2) is 14.6. The number of carbonyl (C=O) groups is 1. The van der Waals surface area contributed by atoms with Crippen LogP contribution in [0, 0.1) is 0 Å². The highest BCUT2D eigenvalue weighted by Gasteiger charge is 2.29. The second-order valence-corrected chi connectivity index (χ2v) is 11.1. The van der Waals surface area contributed by atoms with Crippen LogP contribution in [-0.4, -0.2) is 40.8 Å². The number of benzene rings is 2. The number of nitrogens with one attached hydrogen (secondary N) is 1. The zero-order chi connectivity index (χ0) is 26.5. The van der Waals surface area contributed by atoms with E-state index in [2.05, 4.69) is 10.5 Å². The van der Waals surface area contributed by atoms with Crippen molar-refractivity contribution in [2.45, 2.75) is 75.5 Å². The molecule has 0 heterocycles. The molecule has 0 unspecified atom stereocenters. The van der Waals surface area contributed by atoms with Crippen LogP contribution in [0.25, 0.3) is 0 Å². The van der Waals surface area contributed by atoms with Crippen molar-refractivity contribution in [3.63, 3.8) is 0 Å². The fraction of sp³-hybridized carbons (Fsp3) is 0.500. The van der Waals surface area contributed by atoms with Crippen LogP contribution < -0.4 is 19.2 Å². The van der Waals surface area contributed by atoms with E-state index in [0.29, 0.717) is 11.5 Å². The molecule has 0 saturated heterocycles. The van der Waals surface area contributed by atoms with Gasteiger partial charge in [-0.2, -0.15) is 5.10 Å². The van der Waals surface area contributed by atoms with Gasteiger partial charge in [0.05, 0.1) is 24.8 Å². The molecule has 1 aliphatic rings. The number of sulfonamides is 1. The molecule has 0 aromatic heterocycles. The lowest BCUT2D eigenvalue weighted by Crippen LogP contribution is -2.40. The van der Waals surface area contributed by atoms with Crippen LogP contribution in [0.15, 0.2) is 58.5 Å². The highest BCUT2D eigenvalue weighted by Crippen LogP contribution is 2.32. The van der Waals surface area contributed by atoms with Gasteiger partial charge in [0.1, 0.15) is 18.0 Å². The van der Waals surface area contributed by atoms with Gasteiger partial charge in [0, 0.05) is 5.71 Å². The third kappa shape index (κ3) is 8.49. The van der Waals surface area contributed by atoms with Gasteiger partial charge in [0.15, 0.2) is 0 Å². The van der Waals surface area contributed by atoms with E-state index in [1.54, 1.807) is 36.4 Å². The molecule has 0 aliphatic heterocycles. The first-order chi connectivity index (χ1) is 18.0. The summed E-state index contributed by atoms with van der Waals surface area (Å²) in [6.45, 7) is -0.439. The number of para-hydroxylation sites is 2. The van der Waals surface area contributed by atoms with E-state index in [1.807, 2.05) is 0 Å². The van der Waals surface area contributed by atoms with Crippen molar-refractivity contribution in [1.29, 1.82) is 0 Å². The zero-order valence-corrected chi connectivity index (χ0v) is 22.8. The lowest BCUT2D eigenvalue weighted by Gasteiger charge is -2.25. The second-order valence-electron chi connectivity index (χ2n) is 9.25. The maximum atomic E-state index is 13.7. The predicted molar refractivity (Wildman–Crippen MR) is 147 cm³/mol. The first kappa shape index (κ1) is 28.5. The van der Waals surface area contributed by atoms with Gasteiger partial charge in [-0.3, -0.25) is 9.10 Å². The van der Waals surface area contributed by atoms with Crippen LogP contribution in [-0.2, 0) is 14.8 Å². The molecule has 9 heteroatoms. The van der Waals surface area contributed by atoms with Crippen LogP contribution in [0.5, 0.6) is 11.5 Å². The minimum atomic E-state index is -4.09. The molecule has 8 nitrogen and oxygen atoms in total. The number of nitrogens with zero attached hydrogens (tertiary/aromatic N) is 2. The summed E-state index contributed by atoms with van der Waals surface area (Å²) in [5, 5.41) is 4.43. The molecule has 1 saturated carbocycles. The highest BCUT2D eigenvalue weighted by molar-refractivity contribution is 7.92. The number of carbonyl (C=O) groups excluding carboxylic acids is 1. The first-order valence-corrected chi connectivity index (χ1v) is 14.5. The molecule has 2 aromatic carbocycles. The predicted octanol–water partition coefficient (Wildman–Crippen LogP) is 5.68. The molecule has 0 spiro atoms. The molecular weight excluding hydrogens is 490 g/mol. The number of hydrogen-bond donors (Lipinski definition) is 1. The average Bonchev–Trinajstić information content (AvgIpc) is 2.91. The molecule has 0 radical (unpaired) electrons. The Morgan fingerprint density at radius 3 is 1.97 bits per heavy atom. The van der Waals surface area contributed by atoms with E-state index >= 15 is 0 Å². The molecule has 2 aromatic rings. The summed E-state index contributed by atoms with van der Waals surface area (Å²) >= 11 is 0. The molecule has 1 N–H and O–H groups in total. The van der Waals surface area contributed by atoms with Crippen molar-refractivity contribution in [2.24, 2.45) is 5.10 Å². The average molecular weight is 530 g/mol. The normalized spacial score (nSPS) is 15.6. The SMILES string of the molecule is COc1ccc(S(=O)(=O)N(CC(=O)NN=C2CCCCCCCCCCC2)c2ccccc2OC)cc1. The number of hydrazone groups is 1. The summed E-state index contributed by atoms with van der Waals surface area (Å²) < 4.78 is 39.0. The summed E-state index contributed by atoms with van der Waals surface area (Å²) in [6, 6.07) is 12.8. The third-order valence-electron chi connectivity index (χ3n) is 6.56. The van der Waals surface area contributed by atoms with Gasteiger partial charge in [-0.25, -0.2) is 13.8 Å². The van der Waals surface area contributed by atoms with Crippen molar-refractivity contribution in [3.8, 4) is 11.5 Å². The van der Waals surface area contributed by atoms with E-state index in [1.165, 1.54) is 58.5 Å². The van der Waals surface area contributed by atoms with Crippen molar-refractivity contribution in [3.05, 3.63) is 48.5 Å². The number of hydrogen-bond acceptors (Lipinski definition) is 6. The minimum Gasteiger partial charge on any atom is -0.497 e. The van der Waals surface area contributed by atoms with Crippen LogP contribution >= 0.6 is 0 Å². The Hall–Kier alpha value is -3.07. The smallest absolute Gasteiger partial charge is 0.264 e. The molecule has 1 amide bonds. The van der Waals surface area contributed by atoms with Crippen LogP contribution in [0.3, 0.4) is 0 Å². The van der Waals surface area contributed by atoms with E-state index in [9.17, 15) is 13.2 Å². The summed E-state index contributed by atoms with van der Waals surface area (Å²) in [7, 11) is -1.11. The largest absolute Gasteiger partial charge is 0.497 e. The topological polar surface area (TPSA) is 97.3 Å². The summed E-state index contributed by atoms with van der Waals surface area (Å²) in [6.07, 6.45) is 12.5. The van der Waals surface area contributed by atoms with E-state index < -0.39 is 22.5 Å². The van der Waals surface area contributed by atoms with Gasteiger partial charge in [-0.1, -0.05) is 57.1 Å². The van der Waals surface area contributed by atoms with Gasteiger partial charge < -0.3 is 9.47 Å². The van der Waals surface area contributed by atoms with Crippen LogP contribution in [0.4, 0.5) is 5.69 Å². The summed E-state index contributed by atoms with van der Waals surface area (Å²) in [5.41, 5.74) is 3.87. The zero-order valence-electron chi connectivity index (χ0n) is 21.9. The number of anilines is 1. The van der Waals surface area contributed by atoms with Gasteiger partial charge in [0.2, 0.25) is 0 Å². The van der Waals surface area contributed by atoms with E-state index in [4.69, 9.17) is 9.47 Å². The van der Waals surface area contributed by atoms with E-state index in [-0.39, 0.29) is 10.6 Å². The third-order valence-corrected chi connectivity index (χ3v) is 8.33. The number of rotatable bonds is 8. The Morgan fingerprint density at radius 1 is 0.838 bits per heavy atom. The summed E-state index contributed by atoms with van der Waals surface area (Å²) in [5.74, 6) is 0.369. The maximum absolute atomic E-state index is 13.7. The van der Waals surface area contributed by atoms with Crippen LogP contribution in [0.1, 0.15) is 70.6 Å². The summed E-state index contributed by atoms with van der Waals surface area (Å²) in [4.78, 5) is 13.1. The van der Waals surface area contributed by atoms with Crippen molar-refractivity contribution >= 4 is 27.3 Å². The standard InChI is InChI=1S/C28H39N3O5S/c1-35-24-18-20-25(21-19-24)37(33,34)31(26-16-12-13-17-27(26)36-2)22-28(32)30-29-23-14-10-8-6-4-3-5-7-9-11-15-23/h12-13,16-21H,3-11,14-15,22H2,1-2H3,(H,30,32). The van der Waals surface area contributed by atoms with Crippen molar-refractivity contribution < 1.29 is 22.7 Å². The van der Waals surface area contributed by atoms with Gasteiger partial charge in [0.25, 0.3) is 15.9 Å². The van der Waals surface area contributed by atoms with E-state index in [0.717, 1.165) is 48.5 Å². The Bertz CT molecular complexity index is 1120. The molecular formula is C28H39N3O5S. The molecule has 37 heavy (non-hydrogen) atoms. The maximum Gasteiger partial charge on any atom is 0.264 e. The minimum absolute atomic E-state index is 0.0395. The Balaban J connectivity index is 1.81. The Kier molecular flexibility index (Phi) is 11.3. The molecule has 0 bridgehead atoms. The van der Waals surface area contributed by atoms with Gasteiger partial charge in [-0.15, -0.1) is 0 Å². The number of amides is 1. The van der Waals surface area contributed by atoms with Gasteiger partial charge >= 0.3 is 0 Å². The Labute approximate surface area is 221 Å².